The summed E-state index contributed by atoms with van der Waals surface area (Å²) in [6.07, 6.45) is 2.34. The van der Waals surface area contributed by atoms with Gasteiger partial charge in [0.15, 0.2) is 0 Å². The Kier molecular flexibility index (Phi) is 10.2. The summed E-state index contributed by atoms with van der Waals surface area (Å²) in [5, 5.41) is 28.2. The largest absolute Gasteiger partial charge is 0.460 e. The van der Waals surface area contributed by atoms with E-state index in [1.807, 2.05) is 45.0 Å². The summed E-state index contributed by atoms with van der Waals surface area (Å²) in [6.45, 7) is 14.7. The Morgan fingerprint density at radius 1 is 1.07 bits per heavy atom. The fraction of sp³-hybridized carbons (Fsp3) is 0.743. The van der Waals surface area contributed by atoms with Crippen LogP contribution in [0.1, 0.15) is 98.1 Å². The maximum absolute atomic E-state index is 13.8. The first-order chi connectivity index (χ1) is 20.6. The molecule has 0 aromatic heterocycles. The highest BCUT2D eigenvalue weighted by molar-refractivity contribution is 5.85. The van der Waals surface area contributed by atoms with Crippen LogP contribution in [-0.2, 0) is 32.2 Å². The van der Waals surface area contributed by atoms with Gasteiger partial charge in [-0.25, -0.2) is 9.59 Å². The number of nitrogens with one attached hydrogen (secondary N) is 2. The predicted octanol–water partition coefficient (Wildman–Crippen LogP) is 4.90. The topological polar surface area (TPSA) is 134 Å². The van der Waals surface area contributed by atoms with Crippen molar-refractivity contribution in [2.75, 3.05) is 13.2 Å². The number of carbonyl (C=O) groups excluding carboxylic acids is 3. The Balaban J connectivity index is 1.54. The molecule has 0 spiro atoms. The van der Waals surface area contributed by atoms with Crippen molar-refractivity contribution in [2.45, 2.75) is 118 Å². The van der Waals surface area contributed by atoms with Crippen LogP contribution in [0.5, 0.6) is 0 Å². The molecule has 0 heterocycles. The average Bonchev–Trinajstić information content (AvgIpc) is 3.32. The molecule has 2 bridgehead atoms. The molecule has 8 atom stereocenters. The van der Waals surface area contributed by atoms with E-state index < -0.39 is 52.7 Å². The van der Waals surface area contributed by atoms with Crippen molar-refractivity contribution in [1.82, 2.24) is 10.6 Å². The van der Waals surface area contributed by atoms with Crippen LogP contribution in [0.2, 0.25) is 0 Å². The van der Waals surface area contributed by atoms with Crippen LogP contribution < -0.4 is 10.6 Å². The maximum atomic E-state index is 13.8. The van der Waals surface area contributed by atoms with E-state index in [4.69, 9.17) is 9.47 Å². The van der Waals surface area contributed by atoms with Gasteiger partial charge in [-0.15, -0.1) is 0 Å². The summed E-state index contributed by atoms with van der Waals surface area (Å²) >= 11 is 0. The lowest BCUT2D eigenvalue weighted by Gasteiger charge is -2.62. The SMILES string of the molecule is CC[C@@]1(C)C[C@@H](OC(=O)CO)[C@@]2(C)C3C(=O)CCC3(CC[C@H]2C)[C@H](CNCc2ccc(CNC(=O)OC(C)(C)C)cc2)C1O. The molecule has 0 radical (unpaired) electrons. The molecule has 9 heteroatoms. The molecular formula is C35H54N2O7. The quantitative estimate of drug-likeness (QED) is 0.289. The lowest BCUT2D eigenvalue weighted by molar-refractivity contribution is -0.215. The molecule has 4 N–H and O–H groups in total. The second-order valence-electron chi connectivity index (χ2n) is 15.1. The Morgan fingerprint density at radius 2 is 1.70 bits per heavy atom. The van der Waals surface area contributed by atoms with Gasteiger partial charge in [-0.2, -0.15) is 0 Å². The summed E-state index contributed by atoms with van der Waals surface area (Å²) in [7, 11) is 0. The first-order valence-electron chi connectivity index (χ1n) is 16.4. The van der Waals surface area contributed by atoms with Crippen LogP contribution in [0, 0.1) is 34.0 Å². The maximum Gasteiger partial charge on any atom is 0.407 e. The van der Waals surface area contributed by atoms with Crippen LogP contribution in [-0.4, -0.2) is 59.0 Å². The number of aliphatic hydroxyl groups is 2. The first kappa shape index (κ1) is 34.4. The molecular weight excluding hydrogens is 560 g/mol. The summed E-state index contributed by atoms with van der Waals surface area (Å²) in [6, 6.07) is 8.03. The third-order valence-corrected chi connectivity index (χ3v) is 11.4. The molecule has 0 saturated heterocycles. The Labute approximate surface area is 262 Å². The lowest BCUT2D eigenvalue weighted by Crippen LogP contribution is -2.65. The van der Waals surface area contributed by atoms with E-state index >= 15 is 0 Å². The van der Waals surface area contributed by atoms with Crippen LogP contribution in [0.3, 0.4) is 0 Å². The molecule has 246 valence electrons. The number of rotatable bonds is 9. The van der Waals surface area contributed by atoms with Gasteiger partial charge in [-0.1, -0.05) is 52.0 Å². The number of ether oxygens (including phenoxy) is 2. The summed E-state index contributed by atoms with van der Waals surface area (Å²) in [4.78, 5) is 38.3. The zero-order valence-corrected chi connectivity index (χ0v) is 27.7. The van der Waals surface area contributed by atoms with Gasteiger partial charge >= 0.3 is 12.1 Å². The fourth-order valence-electron chi connectivity index (χ4n) is 8.60. The molecule has 3 unspecified atom stereocenters. The lowest BCUT2D eigenvalue weighted by atomic mass is 9.43. The Hall–Kier alpha value is -2.49. The predicted molar refractivity (Wildman–Crippen MR) is 167 cm³/mol. The number of alkyl carbamates (subject to hydrolysis) is 1. The standard InChI is InChI=1S/C35H54N2O7/c1-8-33(6)17-27(43-28(40)21-38)34(7)22(2)13-15-35(16-14-26(39)29(34)35)25(30(33)41)20-36-18-23-9-11-24(12-10-23)19-37-31(42)44-32(3,4)5/h9-12,22,25,27,29-30,36,38,41H,8,13-21H2,1-7H3,(H,37,42)/t22-,25-,27-,29?,30?,33+,34+,35?/m1/s1. The second-order valence-corrected chi connectivity index (χ2v) is 15.1. The van der Waals surface area contributed by atoms with E-state index in [1.54, 1.807) is 0 Å². The number of Topliss-reactive ketones (excluding diaryl/α,β-unsaturated/α-hetero) is 1. The van der Waals surface area contributed by atoms with Crippen molar-refractivity contribution in [3.8, 4) is 0 Å². The number of carbonyl (C=O) groups is 3. The van der Waals surface area contributed by atoms with Gasteiger partial charge < -0.3 is 30.3 Å². The van der Waals surface area contributed by atoms with Crippen molar-refractivity contribution >= 4 is 17.8 Å². The van der Waals surface area contributed by atoms with Gasteiger partial charge in [0.05, 0.1) is 6.10 Å². The number of aliphatic hydroxyl groups excluding tert-OH is 2. The molecule has 1 aromatic rings. The minimum atomic E-state index is -0.706. The van der Waals surface area contributed by atoms with Crippen molar-refractivity contribution in [1.29, 1.82) is 0 Å². The fourth-order valence-corrected chi connectivity index (χ4v) is 8.60. The Bertz CT molecular complexity index is 1200. The minimum Gasteiger partial charge on any atom is -0.460 e. The van der Waals surface area contributed by atoms with E-state index in [-0.39, 0.29) is 23.5 Å². The first-order valence-corrected chi connectivity index (χ1v) is 16.4. The third kappa shape index (κ3) is 6.70. The molecule has 44 heavy (non-hydrogen) atoms. The van der Waals surface area contributed by atoms with E-state index in [9.17, 15) is 24.6 Å². The van der Waals surface area contributed by atoms with Crippen LogP contribution in [0.4, 0.5) is 4.79 Å². The average molecular weight is 615 g/mol. The number of esters is 1. The van der Waals surface area contributed by atoms with Crippen LogP contribution in [0.25, 0.3) is 0 Å². The Morgan fingerprint density at radius 3 is 2.30 bits per heavy atom. The minimum absolute atomic E-state index is 0.146. The molecule has 9 nitrogen and oxygen atoms in total. The smallest absolute Gasteiger partial charge is 0.407 e. The van der Waals surface area contributed by atoms with Crippen molar-refractivity contribution < 1.29 is 34.1 Å². The van der Waals surface area contributed by atoms with Gasteiger partial charge in [0.25, 0.3) is 0 Å². The number of amides is 1. The zero-order valence-electron chi connectivity index (χ0n) is 27.7. The molecule has 1 amide bonds. The number of hydrogen-bond donors (Lipinski definition) is 4. The van der Waals surface area contributed by atoms with E-state index in [2.05, 4.69) is 38.3 Å². The highest BCUT2D eigenvalue weighted by atomic mass is 16.6. The monoisotopic (exact) mass is 614 g/mol. The molecule has 1 aromatic carbocycles. The molecule has 3 fully saturated rings. The van der Waals surface area contributed by atoms with Gasteiger partial charge in [-0.05, 0) is 80.8 Å². The summed E-state index contributed by atoms with van der Waals surface area (Å²) in [5.74, 6) is -0.801. The molecule has 3 aliphatic rings. The number of benzene rings is 1. The van der Waals surface area contributed by atoms with E-state index in [0.29, 0.717) is 38.9 Å². The highest BCUT2D eigenvalue weighted by Gasteiger charge is 2.69. The van der Waals surface area contributed by atoms with Gasteiger partial charge in [0.1, 0.15) is 24.1 Å². The number of ketones is 1. The van der Waals surface area contributed by atoms with Crippen molar-refractivity contribution in [3.63, 3.8) is 0 Å². The summed E-state index contributed by atoms with van der Waals surface area (Å²) < 4.78 is 11.3. The van der Waals surface area contributed by atoms with Gasteiger partial charge in [0, 0.05) is 43.3 Å². The van der Waals surface area contributed by atoms with Crippen LogP contribution >= 0.6 is 0 Å². The second kappa shape index (κ2) is 13.1. The summed E-state index contributed by atoms with van der Waals surface area (Å²) in [5.41, 5.74) is -0.0345. The molecule has 0 aliphatic heterocycles. The number of hydrogen-bond acceptors (Lipinski definition) is 8. The van der Waals surface area contributed by atoms with Gasteiger partial charge in [-0.3, -0.25) is 4.79 Å². The molecule has 3 aliphatic carbocycles. The highest BCUT2D eigenvalue weighted by Crippen LogP contribution is 2.68. The zero-order chi connectivity index (χ0) is 32.5. The van der Waals surface area contributed by atoms with Crippen molar-refractivity contribution in [2.24, 2.45) is 34.0 Å². The van der Waals surface area contributed by atoms with E-state index in [1.165, 1.54) is 0 Å². The normalized spacial score (nSPS) is 35.3. The molecule has 4 rings (SSSR count). The van der Waals surface area contributed by atoms with Crippen molar-refractivity contribution in [3.05, 3.63) is 35.4 Å². The molecule has 3 saturated carbocycles. The van der Waals surface area contributed by atoms with Crippen LogP contribution in [0.15, 0.2) is 24.3 Å². The van der Waals surface area contributed by atoms with Gasteiger partial charge in [0.2, 0.25) is 0 Å². The van der Waals surface area contributed by atoms with E-state index in [0.717, 1.165) is 30.4 Å². The third-order valence-electron chi connectivity index (χ3n) is 11.4.